The van der Waals surface area contributed by atoms with Crippen molar-refractivity contribution in [3.8, 4) is 0 Å². The zero-order valence-electron chi connectivity index (χ0n) is 11.5. The molecule has 0 aliphatic rings. The molecule has 2 aromatic rings. The van der Waals surface area contributed by atoms with E-state index in [2.05, 4.69) is 10.6 Å². The van der Waals surface area contributed by atoms with Crippen LogP contribution in [0.4, 0.5) is 9.80 Å². The molecule has 0 aliphatic carbocycles. The normalized spacial score (nSPS) is 11.9. The fourth-order valence-corrected chi connectivity index (χ4v) is 2.60. The van der Waals surface area contributed by atoms with Crippen LogP contribution in [-0.4, -0.2) is 23.1 Å². The summed E-state index contributed by atoms with van der Waals surface area (Å²) in [7, 11) is 0. The lowest BCUT2D eigenvalue weighted by molar-refractivity contribution is 0.0698. The Kier molecular flexibility index (Phi) is 4.99. The van der Waals surface area contributed by atoms with Gasteiger partial charge in [-0.3, -0.25) is 5.32 Å². The maximum Gasteiger partial charge on any atom is 0.338 e. The highest BCUT2D eigenvalue weighted by Gasteiger charge is 2.15. The third-order valence-electron chi connectivity index (χ3n) is 2.90. The monoisotopic (exact) mass is 308 g/mol. The number of carboxylic acid groups (broad SMARTS) is 1. The van der Waals surface area contributed by atoms with Crippen molar-refractivity contribution in [1.29, 1.82) is 0 Å². The van der Waals surface area contributed by atoms with Gasteiger partial charge in [-0.25, -0.2) is 9.59 Å². The quantitative estimate of drug-likeness (QED) is 0.764. The van der Waals surface area contributed by atoms with E-state index in [1.807, 2.05) is 19.1 Å². The topological polar surface area (TPSA) is 91.6 Å². The van der Waals surface area contributed by atoms with Gasteiger partial charge in [-0.15, -0.1) is 11.3 Å². The fourth-order valence-electron chi connectivity index (χ4n) is 1.82. The van der Waals surface area contributed by atoms with Gasteiger partial charge in [0.1, 0.15) is 10.8 Å². The number of furan rings is 1. The summed E-state index contributed by atoms with van der Waals surface area (Å²) in [5.41, 5.74) is 0.0957. The summed E-state index contributed by atoms with van der Waals surface area (Å²) in [6.07, 6.45) is 3.08. The van der Waals surface area contributed by atoms with Crippen molar-refractivity contribution >= 4 is 28.3 Å². The number of thiophene rings is 1. The fraction of sp³-hybridized carbons (Fsp3) is 0.286. The lowest BCUT2D eigenvalue weighted by Gasteiger charge is -2.13. The van der Waals surface area contributed by atoms with Gasteiger partial charge in [0.15, 0.2) is 0 Å². The molecule has 0 saturated carbocycles. The van der Waals surface area contributed by atoms with Crippen molar-refractivity contribution in [2.45, 2.75) is 25.8 Å². The first kappa shape index (κ1) is 15.1. The number of carbonyl (C=O) groups excluding carboxylic acids is 1. The molecule has 0 aromatic carbocycles. The molecule has 0 saturated heterocycles. The molecule has 1 atom stereocenters. The number of rotatable bonds is 6. The Labute approximate surface area is 125 Å². The molecule has 2 heterocycles. The Morgan fingerprint density at radius 1 is 1.43 bits per heavy atom. The lowest BCUT2D eigenvalue weighted by Crippen LogP contribution is -2.36. The number of hydrogen-bond donors (Lipinski definition) is 3. The van der Waals surface area contributed by atoms with Crippen molar-refractivity contribution in [3.05, 3.63) is 41.2 Å². The summed E-state index contributed by atoms with van der Waals surface area (Å²) in [6.45, 7) is 1.88. The zero-order valence-corrected chi connectivity index (χ0v) is 12.3. The number of carbonyl (C=O) groups is 2. The third-order valence-corrected chi connectivity index (χ3v) is 3.73. The second-order valence-corrected chi connectivity index (χ2v) is 5.50. The van der Waals surface area contributed by atoms with Crippen molar-refractivity contribution in [2.24, 2.45) is 0 Å². The van der Waals surface area contributed by atoms with E-state index in [4.69, 9.17) is 9.52 Å². The number of nitrogens with one attached hydrogen (secondary N) is 2. The largest absolute Gasteiger partial charge is 0.478 e. The molecular formula is C14H16N2O4S. The SMILES string of the molecule is CC(CCc1ccco1)NC(=O)Nc1sccc1C(=O)O. The molecule has 112 valence electrons. The zero-order chi connectivity index (χ0) is 15.2. The van der Waals surface area contributed by atoms with E-state index in [0.717, 1.165) is 18.6 Å². The number of urea groups is 1. The van der Waals surface area contributed by atoms with E-state index in [1.165, 1.54) is 17.4 Å². The average Bonchev–Trinajstić information content (AvgIpc) is 3.06. The van der Waals surface area contributed by atoms with Crippen LogP contribution < -0.4 is 10.6 Å². The molecule has 0 radical (unpaired) electrons. The summed E-state index contributed by atoms with van der Waals surface area (Å²) in [6, 6.07) is 4.71. The molecule has 2 aromatic heterocycles. The van der Waals surface area contributed by atoms with E-state index in [0.29, 0.717) is 5.00 Å². The van der Waals surface area contributed by atoms with E-state index in [-0.39, 0.29) is 11.6 Å². The first-order chi connectivity index (χ1) is 10.1. The van der Waals surface area contributed by atoms with Crippen LogP contribution in [0.3, 0.4) is 0 Å². The molecule has 7 heteroatoms. The first-order valence-corrected chi connectivity index (χ1v) is 7.35. The van der Waals surface area contributed by atoms with Gasteiger partial charge in [0, 0.05) is 12.5 Å². The maximum absolute atomic E-state index is 11.8. The molecule has 0 bridgehead atoms. The Morgan fingerprint density at radius 3 is 2.90 bits per heavy atom. The Morgan fingerprint density at radius 2 is 2.24 bits per heavy atom. The Hall–Kier alpha value is -2.28. The van der Waals surface area contributed by atoms with Crippen LogP contribution in [0.2, 0.25) is 0 Å². The lowest BCUT2D eigenvalue weighted by atomic mass is 10.1. The van der Waals surface area contributed by atoms with Crippen molar-refractivity contribution in [2.75, 3.05) is 5.32 Å². The molecule has 0 spiro atoms. The van der Waals surface area contributed by atoms with Crippen molar-refractivity contribution in [3.63, 3.8) is 0 Å². The van der Waals surface area contributed by atoms with Crippen LogP contribution >= 0.6 is 11.3 Å². The molecule has 6 nitrogen and oxygen atoms in total. The predicted octanol–water partition coefficient (Wildman–Crippen LogP) is 3.18. The second-order valence-electron chi connectivity index (χ2n) is 4.59. The number of amides is 2. The highest BCUT2D eigenvalue weighted by molar-refractivity contribution is 7.14. The predicted molar refractivity (Wildman–Crippen MR) is 79.9 cm³/mol. The van der Waals surface area contributed by atoms with Crippen LogP contribution in [0, 0.1) is 0 Å². The maximum atomic E-state index is 11.8. The highest BCUT2D eigenvalue weighted by atomic mass is 32.1. The van der Waals surface area contributed by atoms with Gasteiger partial charge in [0.25, 0.3) is 0 Å². The standard InChI is InChI=1S/C14H16N2O4S/c1-9(4-5-10-3-2-7-20-10)15-14(19)16-12-11(13(17)18)6-8-21-12/h2-3,6-9H,4-5H2,1H3,(H,17,18)(H2,15,16,19). The van der Waals surface area contributed by atoms with Crippen LogP contribution in [0.25, 0.3) is 0 Å². The average molecular weight is 308 g/mol. The van der Waals surface area contributed by atoms with Crippen LogP contribution in [0.15, 0.2) is 34.3 Å². The summed E-state index contributed by atoms with van der Waals surface area (Å²) in [5.74, 6) is -0.187. The Bertz CT molecular complexity index is 606. The van der Waals surface area contributed by atoms with Gasteiger partial charge >= 0.3 is 12.0 Å². The van der Waals surface area contributed by atoms with Gasteiger partial charge in [0.2, 0.25) is 0 Å². The van der Waals surface area contributed by atoms with Gasteiger partial charge in [-0.2, -0.15) is 0 Å². The summed E-state index contributed by atoms with van der Waals surface area (Å²) in [4.78, 5) is 22.8. The molecule has 2 rings (SSSR count). The summed E-state index contributed by atoms with van der Waals surface area (Å²) >= 11 is 1.18. The van der Waals surface area contributed by atoms with Gasteiger partial charge in [0.05, 0.1) is 11.8 Å². The van der Waals surface area contributed by atoms with Crippen molar-refractivity contribution < 1.29 is 19.1 Å². The number of aromatic carboxylic acids is 1. The van der Waals surface area contributed by atoms with Crippen LogP contribution in [0.5, 0.6) is 0 Å². The van der Waals surface area contributed by atoms with E-state index in [9.17, 15) is 9.59 Å². The van der Waals surface area contributed by atoms with Gasteiger partial charge in [-0.1, -0.05) is 0 Å². The molecule has 3 N–H and O–H groups in total. The molecular weight excluding hydrogens is 292 g/mol. The highest BCUT2D eigenvalue weighted by Crippen LogP contribution is 2.22. The number of hydrogen-bond acceptors (Lipinski definition) is 4. The third kappa shape index (κ3) is 4.35. The van der Waals surface area contributed by atoms with E-state index < -0.39 is 12.0 Å². The molecule has 21 heavy (non-hydrogen) atoms. The second kappa shape index (κ2) is 6.94. The first-order valence-electron chi connectivity index (χ1n) is 6.47. The minimum absolute atomic E-state index is 0.0525. The molecule has 2 amide bonds. The number of anilines is 1. The number of aryl methyl sites for hydroxylation is 1. The summed E-state index contributed by atoms with van der Waals surface area (Å²) in [5, 5.41) is 16.2. The minimum atomic E-state index is -1.06. The molecule has 0 fully saturated rings. The number of carboxylic acids is 1. The van der Waals surface area contributed by atoms with Crippen molar-refractivity contribution in [1.82, 2.24) is 5.32 Å². The Balaban J connectivity index is 1.81. The smallest absolute Gasteiger partial charge is 0.338 e. The van der Waals surface area contributed by atoms with Crippen LogP contribution in [-0.2, 0) is 6.42 Å². The molecule has 1 unspecified atom stereocenters. The minimum Gasteiger partial charge on any atom is -0.478 e. The molecule has 0 aliphatic heterocycles. The van der Waals surface area contributed by atoms with E-state index >= 15 is 0 Å². The summed E-state index contributed by atoms with van der Waals surface area (Å²) < 4.78 is 5.22. The van der Waals surface area contributed by atoms with Gasteiger partial charge < -0.3 is 14.8 Å². The van der Waals surface area contributed by atoms with Gasteiger partial charge in [-0.05, 0) is 36.9 Å². The van der Waals surface area contributed by atoms with Crippen LogP contribution in [0.1, 0.15) is 29.5 Å². The van der Waals surface area contributed by atoms with E-state index in [1.54, 1.807) is 11.6 Å².